The van der Waals surface area contributed by atoms with E-state index in [1.807, 2.05) is 0 Å². The van der Waals surface area contributed by atoms with Crippen molar-refractivity contribution in [2.24, 2.45) is 0 Å². The minimum absolute atomic E-state index is 0.0255. The molecule has 0 saturated heterocycles. The lowest BCUT2D eigenvalue weighted by atomic mass is 10.2. The predicted octanol–water partition coefficient (Wildman–Crippen LogP) is 1.07. The standard InChI is InChI=1S/C13H13N3O4/c1-8-7-11(20-16-8)13(18)15-14-12(17)9-3-5-10(19-2)6-4-9/h3-7H,1-2H3,(H,14,17)(H,15,18). The van der Waals surface area contributed by atoms with E-state index < -0.39 is 11.8 Å². The van der Waals surface area contributed by atoms with Gasteiger partial charge in [-0.15, -0.1) is 0 Å². The summed E-state index contributed by atoms with van der Waals surface area (Å²) in [7, 11) is 1.54. The van der Waals surface area contributed by atoms with Crippen LogP contribution in [0, 0.1) is 6.92 Å². The van der Waals surface area contributed by atoms with Crippen LogP contribution in [0.2, 0.25) is 0 Å². The molecule has 7 heteroatoms. The number of ether oxygens (including phenoxy) is 1. The number of benzene rings is 1. The number of aromatic nitrogens is 1. The summed E-state index contributed by atoms with van der Waals surface area (Å²) in [4.78, 5) is 23.4. The lowest BCUT2D eigenvalue weighted by molar-refractivity contribution is 0.0825. The molecule has 0 fully saturated rings. The third-order valence-electron chi connectivity index (χ3n) is 2.49. The fourth-order valence-corrected chi connectivity index (χ4v) is 1.46. The molecule has 7 nitrogen and oxygen atoms in total. The van der Waals surface area contributed by atoms with Crippen LogP contribution in [-0.2, 0) is 0 Å². The van der Waals surface area contributed by atoms with Crippen LogP contribution in [0.15, 0.2) is 34.9 Å². The van der Waals surface area contributed by atoms with Crippen molar-refractivity contribution in [1.82, 2.24) is 16.0 Å². The van der Waals surface area contributed by atoms with E-state index in [-0.39, 0.29) is 5.76 Å². The van der Waals surface area contributed by atoms with Gasteiger partial charge in [-0.05, 0) is 31.2 Å². The van der Waals surface area contributed by atoms with Gasteiger partial charge in [0, 0.05) is 11.6 Å². The second kappa shape index (κ2) is 5.87. The summed E-state index contributed by atoms with van der Waals surface area (Å²) in [6.45, 7) is 1.69. The van der Waals surface area contributed by atoms with Gasteiger partial charge in [-0.3, -0.25) is 20.4 Å². The molecule has 2 amide bonds. The molecule has 0 aliphatic heterocycles. The van der Waals surface area contributed by atoms with Crippen molar-refractivity contribution in [1.29, 1.82) is 0 Å². The van der Waals surface area contributed by atoms with E-state index in [0.29, 0.717) is 17.0 Å². The number of methoxy groups -OCH3 is 1. The van der Waals surface area contributed by atoms with Crippen molar-refractivity contribution in [3.8, 4) is 5.75 Å². The van der Waals surface area contributed by atoms with Gasteiger partial charge in [-0.1, -0.05) is 5.16 Å². The Bertz CT molecular complexity index is 619. The van der Waals surface area contributed by atoms with Gasteiger partial charge < -0.3 is 9.26 Å². The highest BCUT2D eigenvalue weighted by atomic mass is 16.5. The number of carbonyl (C=O) groups excluding carboxylic acids is 2. The van der Waals surface area contributed by atoms with Gasteiger partial charge in [0.05, 0.1) is 12.8 Å². The number of amides is 2. The lowest BCUT2D eigenvalue weighted by Gasteiger charge is -2.06. The maximum atomic E-state index is 11.8. The number of carbonyl (C=O) groups is 2. The second-order valence-corrected chi connectivity index (χ2v) is 3.97. The van der Waals surface area contributed by atoms with Crippen LogP contribution in [0.1, 0.15) is 26.6 Å². The molecule has 0 unspecified atom stereocenters. The first-order valence-electron chi connectivity index (χ1n) is 5.78. The molecule has 2 N–H and O–H groups in total. The SMILES string of the molecule is COc1ccc(C(=O)NNC(=O)c2cc(C)no2)cc1. The predicted molar refractivity (Wildman–Crippen MR) is 69.2 cm³/mol. The van der Waals surface area contributed by atoms with Crippen LogP contribution >= 0.6 is 0 Å². The molecule has 0 bridgehead atoms. The Morgan fingerprint density at radius 3 is 2.35 bits per heavy atom. The molecule has 0 saturated carbocycles. The van der Waals surface area contributed by atoms with Gasteiger partial charge in [0.1, 0.15) is 5.75 Å². The van der Waals surface area contributed by atoms with E-state index in [9.17, 15) is 9.59 Å². The van der Waals surface area contributed by atoms with E-state index in [2.05, 4.69) is 16.0 Å². The van der Waals surface area contributed by atoms with Crippen molar-refractivity contribution in [3.05, 3.63) is 47.3 Å². The highest BCUT2D eigenvalue weighted by Crippen LogP contribution is 2.10. The zero-order chi connectivity index (χ0) is 14.5. The smallest absolute Gasteiger partial charge is 0.308 e. The number of hydrogen-bond acceptors (Lipinski definition) is 5. The van der Waals surface area contributed by atoms with E-state index in [1.165, 1.54) is 13.2 Å². The van der Waals surface area contributed by atoms with Crippen molar-refractivity contribution in [2.45, 2.75) is 6.92 Å². The maximum absolute atomic E-state index is 11.8. The fraction of sp³-hybridized carbons (Fsp3) is 0.154. The zero-order valence-electron chi connectivity index (χ0n) is 11.0. The van der Waals surface area contributed by atoms with Gasteiger partial charge in [0.25, 0.3) is 5.91 Å². The first-order chi connectivity index (χ1) is 9.60. The molecule has 1 heterocycles. The first kappa shape index (κ1) is 13.6. The molecular weight excluding hydrogens is 262 g/mol. The molecule has 2 rings (SSSR count). The zero-order valence-corrected chi connectivity index (χ0v) is 11.0. The van der Waals surface area contributed by atoms with Crippen LogP contribution in [0.25, 0.3) is 0 Å². The van der Waals surface area contributed by atoms with Crippen molar-refractivity contribution in [2.75, 3.05) is 7.11 Å². The quantitative estimate of drug-likeness (QED) is 0.817. The van der Waals surface area contributed by atoms with Crippen molar-refractivity contribution < 1.29 is 18.8 Å². The number of nitrogens with zero attached hydrogens (tertiary/aromatic N) is 1. The normalized spacial score (nSPS) is 9.90. The number of hydrogen-bond donors (Lipinski definition) is 2. The summed E-state index contributed by atoms with van der Waals surface area (Å²) < 4.78 is 9.75. The Hall–Kier alpha value is -2.83. The number of nitrogens with one attached hydrogen (secondary N) is 2. The topological polar surface area (TPSA) is 93.5 Å². The Kier molecular flexibility index (Phi) is 3.99. The van der Waals surface area contributed by atoms with Crippen molar-refractivity contribution in [3.63, 3.8) is 0 Å². The molecule has 104 valence electrons. The van der Waals surface area contributed by atoms with Gasteiger partial charge in [-0.25, -0.2) is 0 Å². The molecule has 2 aromatic rings. The molecule has 0 aliphatic carbocycles. The van der Waals surface area contributed by atoms with Gasteiger partial charge in [-0.2, -0.15) is 0 Å². The van der Waals surface area contributed by atoms with Crippen LogP contribution in [-0.4, -0.2) is 24.1 Å². The Morgan fingerprint density at radius 1 is 1.15 bits per heavy atom. The Balaban J connectivity index is 1.92. The minimum Gasteiger partial charge on any atom is -0.497 e. The monoisotopic (exact) mass is 275 g/mol. The van der Waals surface area contributed by atoms with Crippen LogP contribution in [0.3, 0.4) is 0 Å². The maximum Gasteiger partial charge on any atom is 0.308 e. The van der Waals surface area contributed by atoms with E-state index in [1.54, 1.807) is 31.2 Å². The highest BCUT2D eigenvalue weighted by molar-refractivity contribution is 5.97. The Morgan fingerprint density at radius 2 is 1.80 bits per heavy atom. The summed E-state index contributed by atoms with van der Waals surface area (Å²) in [5.74, 6) is -0.357. The number of rotatable bonds is 3. The molecule has 0 aliphatic rings. The molecule has 0 atom stereocenters. The third kappa shape index (κ3) is 3.14. The van der Waals surface area contributed by atoms with E-state index in [0.717, 1.165) is 0 Å². The summed E-state index contributed by atoms with van der Waals surface area (Å²) in [6, 6.07) is 7.93. The average molecular weight is 275 g/mol. The van der Waals surface area contributed by atoms with Crippen LogP contribution < -0.4 is 15.6 Å². The molecule has 20 heavy (non-hydrogen) atoms. The average Bonchev–Trinajstić information content (AvgIpc) is 2.91. The molecule has 0 spiro atoms. The summed E-state index contributed by atoms with van der Waals surface area (Å²) in [6.07, 6.45) is 0. The molecule has 1 aromatic heterocycles. The highest BCUT2D eigenvalue weighted by Gasteiger charge is 2.13. The summed E-state index contributed by atoms with van der Waals surface area (Å²) in [5.41, 5.74) is 5.48. The fourth-order valence-electron chi connectivity index (χ4n) is 1.46. The van der Waals surface area contributed by atoms with E-state index >= 15 is 0 Å². The van der Waals surface area contributed by atoms with Crippen LogP contribution in [0.4, 0.5) is 0 Å². The van der Waals surface area contributed by atoms with Crippen molar-refractivity contribution >= 4 is 11.8 Å². The summed E-state index contributed by atoms with van der Waals surface area (Å²) >= 11 is 0. The lowest BCUT2D eigenvalue weighted by Crippen LogP contribution is -2.41. The largest absolute Gasteiger partial charge is 0.497 e. The Labute approximate surface area is 114 Å². The first-order valence-corrected chi connectivity index (χ1v) is 5.78. The molecule has 1 aromatic carbocycles. The summed E-state index contributed by atoms with van der Waals surface area (Å²) in [5, 5.41) is 3.58. The third-order valence-corrected chi connectivity index (χ3v) is 2.49. The van der Waals surface area contributed by atoms with Gasteiger partial charge in [0.15, 0.2) is 0 Å². The van der Waals surface area contributed by atoms with Gasteiger partial charge >= 0.3 is 5.91 Å². The van der Waals surface area contributed by atoms with E-state index in [4.69, 9.17) is 9.26 Å². The minimum atomic E-state index is -0.576. The van der Waals surface area contributed by atoms with Crippen LogP contribution in [0.5, 0.6) is 5.75 Å². The molecular formula is C13H13N3O4. The number of hydrazine groups is 1. The second-order valence-electron chi connectivity index (χ2n) is 3.97. The van der Waals surface area contributed by atoms with Gasteiger partial charge in [0.2, 0.25) is 5.76 Å². The molecule has 0 radical (unpaired) electrons. The number of aryl methyl sites for hydroxylation is 1.